The molecule has 0 unspecified atom stereocenters. The number of hydrogen-bond donors (Lipinski definition) is 2. The number of aromatic hydroxyl groups is 1. The first-order valence-electron chi connectivity index (χ1n) is 4.79. The van der Waals surface area contributed by atoms with Crippen molar-refractivity contribution in [2.24, 2.45) is 0 Å². The first kappa shape index (κ1) is 9.81. The third-order valence-corrected chi connectivity index (χ3v) is 3.08. The molecular formula is C11H13ClO2. The van der Waals surface area contributed by atoms with Crippen molar-refractivity contribution in [3.63, 3.8) is 0 Å². The van der Waals surface area contributed by atoms with Gasteiger partial charge in [0.25, 0.3) is 0 Å². The van der Waals surface area contributed by atoms with Crippen LogP contribution in [0.2, 0.25) is 5.02 Å². The minimum Gasteiger partial charge on any atom is -0.508 e. The Hall–Kier alpha value is -0.730. The van der Waals surface area contributed by atoms with Crippen LogP contribution in [0.3, 0.4) is 0 Å². The quantitative estimate of drug-likeness (QED) is 0.808. The number of aliphatic hydroxyl groups is 1. The summed E-state index contributed by atoms with van der Waals surface area (Å²) >= 11 is 5.94. The highest BCUT2D eigenvalue weighted by atomic mass is 35.5. The Balaban J connectivity index is 2.02. The zero-order chi connectivity index (χ0) is 10.2. The molecule has 0 heterocycles. The van der Waals surface area contributed by atoms with Crippen LogP contribution >= 0.6 is 11.6 Å². The summed E-state index contributed by atoms with van der Waals surface area (Å²) in [5, 5.41) is 19.4. The number of hydrogen-bond acceptors (Lipinski definition) is 2. The summed E-state index contributed by atoms with van der Waals surface area (Å²) in [7, 11) is 0. The van der Waals surface area contributed by atoms with Crippen molar-refractivity contribution in [3.05, 3.63) is 28.8 Å². The molecule has 0 spiro atoms. The van der Waals surface area contributed by atoms with Gasteiger partial charge in [-0.3, -0.25) is 0 Å². The summed E-state index contributed by atoms with van der Waals surface area (Å²) in [6.07, 6.45) is 3.35. The van der Waals surface area contributed by atoms with Gasteiger partial charge in [-0.25, -0.2) is 0 Å². The Morgan fingerprint density at radius 3 is 2.64 bits per heavy atom. The van der Waals surface area contributed by atoms with Crippen LogP contribution in [0.15, 0.2) is 18.2 Å². The van der Waals surface area contributed by atoms with E-state index >= 15 is 0 Å². The second-order valence-corrected chi connectivity index (χ2v) is 4.41. The number of aryl methyl sites for hydroxylation is 1. The lowest BCUT2D eigenvalue weighted by molar-refractivity contribution is 0.140. The molecule has 0 atom stereocenters. The fraction of sp³-hybridized carbons (Fsp3) is 0.455. The van der Waals surface area contributed by atoms with Gasteiger partial charge in [-0.15, -0.1) is 0 Å². The largest absolute Gasteiger partial charge is 0.508 e. The molecule has 0 aliphatic heterocycles. The predicted molar refractivity (Wildman–Crippen MR) is 55.6 cm³/mol. The van der Waals surface area contributed by atoms with Gasteiger partial charge in [0, 0.05) is 5.02 Å². The van der Waals surface area contributed by atoms with Gasteiger partial charge in [-0.2, -0.15) is 0 Å². The minimum absolute atomic E-state index is 0.184. The van der Waals surface area contributed by atoms with Gasteiger partial charge in [0.1, 0.15) is 5.75 Å². The average molecular weight is 213 g/mol. The molecule has 1 fully saturated rings. The van der Waals surface area contributed by atoms with E-state index in [-0.39, 0.29) is 5.75 Å². The Morgan fingerprint density at radius 1 is 1.36 bits per heavy atom. The van der Waals surface area contributed by atoms with E-state index in [2.05, 4.69) is 0 Å². The molecule has 1 saturated carbocycles. The topological polar surface area (TPSA) is 40.5 Å². The Kier molecular flexibility index (Phi) is 2.41. The van der Waals surface area contributed by atoms with E-state index in [0.29, 0.717) is 5.02 Å². The van der Waals surface area contributed by atoms with E-state index in [1.165, 1.54) is 6.07 Å². The van der Waals surface area contributed by atoms with Crippen LogP contribution in [0.1, 0.15) is 24.8 Å². The third kappa shape index (κ3) is 2.20. The number of phenols is 1. The fourth-order valence-corrected chi connectivity index (χ4v) is 1.77. The van der Waals surface area contributed by atoms with Crippen LogP contribution in [0.5, 0.6) is 5.75 Å². The molecule has 0 radical (unpaired) electrons. The van der Waals surface area contributed by atoms with E-state index in [0.717, 1.165) is 31.2 Å². The van der Waals surface area contributed by atoms with Crippen LogP contribution in [0.25, 0.3) is 0 Å². The molecule has 0 amide bonds. The molecule has 1 aromatic carbocycles. The molecule has 14 heavy (non-hydrogen) atoms. The van der Waals surface area contributed by atoms with Crippen LogP contribution in [0, 0.1) is 0 Å². The average Bonchev–Trinajstić information content (AvgIpc) is 2.83. The Bertz CT molecular complexity index is 345. The van der Waals surface area contributed by atoms with Crippen molar-refractivity contribution in [2.45, 2.75) is 31.3 Å². The first-order chi connectivity index (χ1) is 6.59. The monoisotopic (exact) mass is 212 g/mol. The number of rotatable bonds is 3. The number of benzene rings is 1. The van der Waals surface area contributed by atoms with Gasteiger partial charge in [0.2, 0.25) is 0 Å². The van der Waals surface area contributed by atoms with E-state index in [1.54, 1.807) is 6.07 Å². The molecule has 2 nitrogen and oxygen atoms in total. The van der Waals surface area contributed by atoms with Gasteiger partial charge in [0.15, 0.2) is 0 Å². The lowest BCUT2D eigenvalue weighted by Gasteiger charge is -2.08. The lowest BCUT2D eigenvalue weighted by atomic mass is 10.1. The fourth-order valence-electron chi connectivity index (χ4n) is 1.50. The van der Waals surface area contributed by atoms with Crippen LogP contribution in [-0.4, -0.2) is 15.8 Å². The van der Waals surface area contributed by atoms with Crippen molar-refractivity contribution in [3.8, 4) is 5.75 Å². The zero-order valence-electron chi connectivity index (χ0n) is 7.83. The highest BCUT2D eigenvalue weighted by molar-refractivity contribution is 6.31. The van der Waals surface area contributed by atoms with Gasteiger partial charge >= 0.3 is 0 Å². The Labute approximate surface area is 88.1 Å². The maximum Gasteiger partial charge on any atom is 0.117 e. The van der Waals surface area contributed by atoms with Gasteiger partial charge in [-0.05, 0) is 43.4 Å². The van der Waals surface area contributed by atoms with E-state index < -0.39 is 5.60 Å². The molecule has 0 bridgehead atoms. The third-order valence-electron chi connectivity index (χ3n) is 2.72. The molecule has 2 N–H and O–H groups in total. The van der Waals surface area contributed by atoms with Crippen LogP contribution in [0.4, 0.5) is 0 Å². The van der Waals surface area contributed by atoms with Crippen molar-refractivity contribution in [1.82, 2.24) is 0 Å². The highest BCUT2D eigenvalue weighted by Crippen LogP contribution is 2.39. The highest BCUT2D eigenvalue weighted by Gasteiger charge is 2.39. The molecule has 1 aromatic rings. The number of halogens is 1. The molecule has 0 aromatic heterocycles. The van der Waals surface area contributed by atoms with Gasteiger partial charge < -0.3 is 10.2 Å². The van der Waals surface area contributed by atoms with Crippen molar-refractivity contribution >= 4 is 11.6 Å². The minimum atomic E-state index is -0.429. The van der Waals surface area contributed by atoms with Crippen molar-refractivity contribution in [2.75, 3.05) is 0 Å². The van der Waals surface area contributed by atoms with Crippen LogP contribution in [-0.2, 0) is 6.42 Å². The summed E-state index contributed by atoms with van der Waals surface area (Å²) < 4.78 is 0. The van der Waals surface area contributed by atoms with Crippen molar-refractivity contribution < 1.29 is 10.2 Å². The molecule has 2 rings (SSSR count). The molecule has 76 valence electrons. The summed E-state index contributed by atoms with van der Waals surface area (Å²) in [6, 6.07) is 4.97. The zero-order valence-corrected chi connectivity index (χ0v) is 8.59. The maximum absolute atomic E-state index is 9.64. The summed E-state index contributed by atoms with van der Waals surface area (Å²) in [4.78, 5) is 0. The standard InChI is InChI=1S/C11H13ClO2/c12-10-7-9(13)2-1-8(10)3-4-11(14)5-6-11/h1-2,7,13-14H,3-6H2. The van der Waals surface area contributed by atoms with Crippen molar-refractivity contribution in [1.29, 1.82) is 0 Å². The SMILES string of the molecule is Oc1ccc(CCC2(O)CC2)c(Cl)c1. The molecule has 1 aliphatic carbocycles. The number of phenolic OH excluding ortho intramolecular Hbond substituents is 1. The molecular weight excluding hydrogens is 200 g/mol. The van der Waals surface area contributed by atoms with Gasteiger partial charge in [-0.1, -0.05) is 17.7 Å². The summed E-state index contributed by atoms with van der Waals surface area (Å²) in [5.74, 6) is 0.184. The van der Waals surface area contributed by atoms with E-state index in [1.807, 2.05) is 6.07 Å². The van der Waals surface area contributed by atoms with Gasteiger partial charge in [0.05, 0.1) is 5.60 Å². The van der Waals surface area contributed by atoms with E-state index in [4.69, 9.17) is 16.7 Å². The Morgan fingerprint density at radius 2 is 2.07 bits per heavy atom. The second kappa shape index (κ2) is 3.44. The second-order valence-electron chi connectivity index (χ2n) is 4.00. The predicted octanol–water partition coefficient (Wildman–Crippen LogP) is 2.50. The normalized spacial score (nSPS) is 18.1. The molecule has 1 aliphatic rings. The summed E-state index contributed by atoms with van der Waals surface area (Å²) in [5.41, 5.74) is 0.561. The van der Waals surface area contributed by atoms with E-state index in [9.17, 15) is 5.11 Å². The molecule has 3 heteroatoms. The first-order valence-corrected chi connectivity index (χ1v) is 5.17. The molecule has 0 saturated heterocycles. The lowest BCUT2D eigenvalue weighted by Crippen LogP contribution is -2.07. The summed E-state index contributed by atoms with van der Waals surface area (Å²) in [6.45, 7) is 0. The maximum atomic E-state index is 9.64. The van der Waals surface area contributed by atoms with Crippen LogP contribution < -0.4 is 0 Å². The smallest absolute Gasteiger partial charge is 0.117 e.